The quantitative estimate of drug-likeness (QED) is 0.560. The average molecular weight is 250 g/mol. The molecule has 0 atom stereocenters. The first-order chi connectivity index (χ1) is 8.88. The highest BCUT2D eigenvalue weighted by molar-refractivity contribution is 4.92. The minimum atomic E-state index is 0.177. The lowest BCUT2D eigenvalue weighted by Gasteiger charge is -2.00. The summed E-state index contributed by atoms with van der Waals surface area (Å²) in [4.78, 5) is 7.20. The summed E-state index contributed by atoms with van der Waals surface area (Å²) in [5.41, 5.74) is 0.910. The third kappa shape index (κ3) is 3.94. The van der Waals surface area contributed by atoms with E-state index in [9.17, 15) is 0 Å². The molecule has 0 amide bonds. The van der Waals surface area contributed by atoms with Crippen molar-refractivity contribution in [2.45, 2.75) is 25.9 Å². The Bertz CT molecular complexity index is 438. The molecule has 2 heterocycles. The van der Waals surface area contributed by atoms with Crippen molar-refractivity contribution in [1.82, 2.24) is 30.3 Å². The predicted molar refractivity (Wildman–Crippen MR) is 65.7 cm³/mol. The van der Waals surface area contributed by atoms with Crippen LogP contribution in [0.5, 0.6) is 0 Å². The van der Waals surface area contributed by atoms with Gasteiger partial charge < -0.3 is 15.4 Å². The minimum absolute atomic E-state index is 0.177. The van der Waals surface area contributed by atoms with Crippen molar-refractivity contribution in [2.75, 3.05) is 13.2 Å². The molecular formula is C11H18N6O. The summed E-state index contributed by atoms with van der Waals surface area (Å²) < 4.78 is 1.75. The zero-order chi connectivity index (χ0) is 12.6. The molecule has 0 aliphatic heterocycles. The molecule has 0 saturated carbocycles. The maximum Gasteiger partial charge on any atom is 0.107 e. The smallest absolute Gasteiger partial charge is 0.107 e. The van der Waals surface area contributed by atoms with Crippen molar-refractivity contribution in [3.8, 4) is 0 Å². The Morgan fingerprint density at radius 3 is 3.17 bits per heavy atom. The van der Waals surface area contributed by atoms with E-state index >= 15 is 0 Å². The summed E-state index contributed by atoms with van der Waals surface area (Å²) in [5, 5.41) is 20.0. The van der Waals surface area contributed by atoms with E-state index in [0.717, 1.165) is 24.5 Å². The summed E-state index contributed by atoms with van der Waals surface area (Å²) in [6, 6.07) is 0. The van der Waals surface area contributed by atoms with Gasteiger partial charge >= 0.3 is 0 Å². The van der Waals surface area contributed by atoms with Crippen molar-refractivity contribution in [1.29, 1.82) is 0 Å². The predicted octanol–water partition coefficient (Wildman–Crippen LogP) is -0.284. The molecule has 0 aromatic carbocycles. The number of aromatic nitrogens is 5. The highest BCUT2D eigenvalue weighted by Gasteiger charge is 2.00. The second-order valence-corrected chi connectivity index (χ2v) is 4.01. The summed E-state index contributed by atoms with van der Waals surface area (Å²) in [6.07, 6.45) is 7.04. The van der Waals surface area contributed by atoms with Crippen LogP contribution < -0.4 is 5.32 Å². The van der Waals surface area contributed by atoms with Crippen LogP contribution in [0.2, 0.25) is 0 Å². The molecule has 0 unspecified atom stereocenters. The minimum Gasteiger partial charge on any atom is -0.396 e. The maximum absolute atomic E-state index is 8.72. The van der Waals surface area contributed by atoms with E-state index in [-0.39, 0.29) is 6.61 Å². The second-order valence-electron chi connectivity index (χ2n) is 4.01. The topological polar surface area (TPSA) is 91.7 Å². The Morgan fingerprint density at radius 2 is 2.39 bits per heavy atom. The number of aryl methyl sites for hydroxylation is 1. The van der Waals surface area contributed by atoms with Crippen LogP contribution in [0.15, 0.2) is 18.6 Å². The van der Waals surface area contributed by atoms with Crippen molar-refractivity contribution >= 4 is 0 Å². The molecule has 3 N–H and O–H groups in total. The number of hydrogen-bond donors (Lipinski definition) is 3. The number of nitrogens with zero attached hydrogens (tertiary/aromatic N) is 4. The van der Waals surface area contributed by atoms with E-state index in [4.69, 9.17) is 5.11 Å². The van der Waals surface area contributed by atoms with Gasteiger partial charge in [0.25, 0.3) is 0 Å². The lowest BCUT2D eigenvalue weighted by molar-refractivity contribution is 0.276. The third-order valence-corrected chi connectivity index (χ3v) is 2.53. The molecule has 0 fully saturated rings. The first kappa shape index (κ1) is 12.7. The van der Waals surface area contributed by atoms with Crippen LogP contribution in [0.1, 0.15) is 17.9 Å². The number of nitrogens with one attached hydrogen (secondary N) is 2. The van der Waals surface area contributed by atoms with Crippen molar-refractivity contribution in [3.63, 3.8) is 0 Å². The zero-order valence-corrected chi connectivity index (χ0v) is 10.2. The molecule has 0 aliphatic carbocycles. The molecule has 0 radical (unpaired) electrons. The zero-order valence-electron chi connectivity index (χ0n) is 10.2. The molecule has 98 valence electrons. The SMILES string of the molecule is OCCCn1cc(CNCCc2ncc[nH]2)nn1. The highest BCUT2D eigenvalue weighted by atomic mass is 16.3. The number of aromatic amines is 1. The van der Waals surface area contributed by atoms with Gasteiger partial charge in [0, 0.05) is 51.3 Å². The molecule has 0 saturated heterocycles. The number of H-pyrrole nitrogens is 1. The molecule has 18 heavy (non-hydrogen) atoms. The van der Waals surface area contributed by atoms with Crippen molar-refractivity contribution in [3.05, 3.63) is 30.1 Å². The van der Waals surface area contributed by atoms with Gasteiger partial charge in [0.1, 0.15) is 5.82 Å². The normalized spacial score (nSPS) is 10.9. The first-order valence-corrected chi connectivity index (χ1v) is 6.07. The van der Waals surface area contributed by atoms with Gasteiger partial charge in [0.2, 0.25) is 0 Å². The monoisotopic (exact) mass is 250 g/mol. The van der Waals surface area contributed by atoms with E-state index in [1.165, 1.54) is 0 Å². The average Bonchev–Trinajstić information content (AvgIpc) is 3.04. The van der Waals surface area contributed by atoms with Gasteiger partial charge in [-0.15, -0.1) is 5.10 Å². The fourth-order valence-corrected chi connectivity index (χ4v) is 1.62. The summed E-state index contributed by atoms with van der Waals surface area (Å²) in [7, 11) is 0. The van der Waals surface area contributed by atoms with Gasteiger partial charge in [-0.1, -0.05) is 5.21 Å². The number of hydrogen-bond acceptors (Lipinski definition) is 5. The molecule has 2 rings (SSSR count). The van der Waals surface area contributed by atoms with Gasteiger partial charge in [0.05, 0.1) is 5.69 Å². The molecule has 0 spiro atoms. The van der Waals surface area contributed by atoms with Crippen LogP contribution in [0, 0.1) is 0 Å². The number of aliphatic hydroxyl groups excluding tert-OH is 1. The molecule has 0 aliphatic rings. The Kier molecular flexibility index (Phi) is 4.86. The molecule has 7 heteroatoms. The summed E-state index contributed by atoms with van der Waals surface area (Å²) in [6.45, 7) is 2.42. The number of imidazole rings is 1. The highest BCUT2D eigenvalue weighted by Crippen LogP contribution is 1.95. The van der Waals surface area contributed by atoms with Gasteiger partial charge in [-0.2, -0.15) is 0 Å². The largest absolute Gasteiger partial charge is 0.396 e. The molecule has 2 aromatic rings. The number of rotatable bonds is 8. The lowest BCUT2D eigenvalue weighted by Crippen LogP contribution is -2.17. The van der Waals surface area contributed by atoms with Crippen LogP contribution in [-0.4, -0.2) is 43.2 Å². The fraction of sp³-hybridized carbons (Fsp3) is 0.545. The van der Waals surface area contributed by atoms with E-state index in [0.29, 0.717) is 19.5 Å². The van der Waals surface area contributed by atoms with E-state index in [2.05, 4.69) is 25.6 Å². The Hall–Kier alpha value is -1.73. The number of aliphatic hydroxyl groups is 1. The molecule has 7 nitrogen and oxygen atoms in total. The van der Waals surface area contributed by atoms with E-state index in [1.54, 1.807) is 10.9 Å². The van der Waals surface area contributed by atoms with Crippen LogP contribution in [0.4, 0.5) is 0 Å². The molecule has 2 aromatic heterocycles. The maximum atomic E-state index is 8.72. The Balaban J connectivity index is 1.65. The Morgan fingerprint density at radius 1 is 1.44 bits per heavy atom. The standard InChI is InChI=1S/C11H18N6O/c18-7-1-6-17-9-10(15-16-17)8-12-3-2-11-13-4-5-14-11/h4-5,9,12,18H,1-3,6-8H2,(H,13,14). The van der Waals surface area contributed by atoms with Gasteiger partial charge in [-0.3, -0.25) is 4.68 Å². The Labute approximate surface area is 105 Å². The summed E-state index contributed by atoms with van der Waals surface area (Å²) >= 11 is 0. The fourth-order valence-electron chi connectivity index (χ4n) is 1.62. The van der Waals surface area contributed by atoms with Gasteiger partial charge in [0.15, 0.2) is 0 Å². The van der Waals surface area contributed by atoms with Crippen LogP contribution >= 0.6 is 0 Å². The molecule has 0 bridgehead atoms. The van der Waals surface area contributed by atoms with Crippen LogP contribution in [0.3, 0.4) is 0 Å². The van der Waals surface area contributed by atoms with Crippen molar-refractivity contribution < 1.29 is 5.11 Å². The first-order valence-electron chi connectivity index (χ1n) is 6.07. The lowest BCUT2D eigenvalue weighted by atomic mass is 10.4. The second kappa shape index (κ2) is 6.87. The van der Waals surface area contributed by atoms with Crippen LogP contribution in [-0.2, 0) is 19.5 Å². The third-order valence-electron chi connectivity index (χ3n) is 2.53. The van der Waals surface area contributed by atoms with E-state index < -0.39 is 0 Å². The van der Waals surface area contributed by atoms with Crippen LogP contribution in [0.25, 0.3) is 0 Å². The molecular weight excluding hydrogens is 232 g/mol. The van der Waals surface area contributed by atoms with Gasteiger partial charge in [-0.25, -0.2) is 4.98 Å². The van der Waals surface area contributed by atoms with Crippen molar-refractivity contribution in [2.24, 2.45) is 0 Å². The summed E-state index contributed by atoms with van der Waals surface area (Å²) in [5.74, 6) is 0.981. The van der Waals surface area contributed by atoms with Gasteiger partial charge in [-0.05, 0) is 6.42 Å². The van der Waals surface area contributed by atoms with E-state index in [1.807, 2.05) is 12.4 Å².